The summed E-state index contributed by atoms with van der Waals surface area (Å²) in [5.41, 5.74) is 5.22. The number of hydrogen-bond donors (Lipinski definition) is 0. The molecule has 4 aromatic carbocycles. The van der Waals surface area contributed by atoms with Crippen molar-refractivity contribution in [1.29, 1.82) is 0 Å². The van der Waals surface area contributed by atoms with Crippen molar-refractivity contribution in [1.82, 2.24) is 9.80 Å². The van der Waals surface area contributed by atoms with Gasteiger partial charge in [-0.2, -0.15) is 0 Å². The molecule has 0 radical (unpaired) electrons. The quantitative estimate of drug-likeness (QED) is 0.228. The Hall–Kier alpha value is -4.63. The third-order valence-corrected chi connectivity index (χ3v) is 9.65. The molecular weight excluding hydrogens is 588 g/mol. The first-order valence-electron chi connectivity index (χ1n) is 14.8. The zero-order valence-corrected chi connectivity index (χ0v) is 27.1. The Balaban J connectivity index is 1.31. The SMILES string of the molecule is COc1ccc(-c2cccc(C(=O)N(C)C)c2)cc1S(=O)(=O)Cc1cccc(O[C@H]2CCN(C(=O)c3ccc(C)cc3C)C2)c1. The number of ether oxygens (including phenoxy) is 2. The summed E-state index contributed by atoms with van der Waals surface area (Å²) in [7, 11) is 0.971. The first-order chi connectivity index (χ1) is 21.4. The highest BCUT2D eigenvalue weighted by Crippen LogP contribution is 2.33. The van der Waals surface area contributed by atoms with Crippen LogP contribution in [0.2, 0.25) is 0 Å². The zero-order chi connectivity index (χ0) is 32.3. The van der Waals surface area contributed by atoms with Gasteiger partial charge in [0.05, 0.1) is 19.4 Å². The number of nitrogens with zero attached hydrogens (tertiary/aromatic N) is 2. The Morgan fingerprint density at radius 3 is 2.40 bits per heavy atom. The summed E-state index contributed by atoms with van der Waals surface area (Å²) in [4.78, 5) is 29.0. The van der Waals surface area contributed by atoms with Crippen LogP contribution in [-0.2, 0) is 15.6 Å². The standard InChI is InChI=1S/C36H38N2O6S/c1-24-12-14-32(25(2)18-24)36(40)38-17-16-31(22-38)44-30-11-6-8-26(19-30)23-45(41,42)34-21-28(13-15-33(34)43-5)27-9-7-10-29(20-27)35(39)37(3)4/h6-15,18-21,31H,16-17,22-23H2,1-5H3/t31-/m0/s1. The maximum atomic E-state index is 13.8. The minimum absolute atomic E-state index is 0.00866. The fourth-order valence-electron chi connectivity index (χ4n) is 5.62. The van der Waals surface area contributed by atoms with Gasteiger partial charge in [0.2, 0.25) is 0 Å². The average molecular weight is 627 g/mol. The minimum atomic E-state index is -3.84. The van der Waals surface area contributed by atoms with Crippen molar-refractivity contribution < 1.29 is 27.5 Å². The van der Waals surface area contributed by atoms with Gasteiger partial charge < -0.3 is 19.3 Å². The lowest BCUT2D eigenvalue weighted by molar-refractivity contribution is 0.0771. The number of amides is 2. The van der Waals surface area contributed by atoms with Crippen LogP contribution in [0.3, 0.4) is 0 Å². The molecule has 1 fully saturated rings. The Bertz CT molecular complexity index is 1850. The van der Waals surface area contributed by atoms with Gasteiger partial charge in [0.25, 0.3) is 11.8 Å². The van der Waals surface area contributed by atoms with E-state index in [0.717, 1.165) is 16.7 Å². The molecule has 1 heterocycles. The Morgan fingerprint density at radius 1 is 0.911 bits per heavy atom. The molecule has 234 valence electrons. The van der Waals surface area contributed by atoms with E-state index in [1.807, 2.05) is 43.0 Å². The van der Waals surface area contributed by atoms with Crippen LogP contribution in [0.4, 0.5) is 0 Å². The van der Waals surface area contributed by atoms with E-state index < -0.39 is 9.84 Å². The number of carbonyl (C=O) groups is 2. The van der Waals surface area contributed by atoms with E-state index in [9.17, 15) is 18.0 Å². The first-order valence-corrected chi connectivity index (χ1v) is 16.5. The predicted molar refractivity (Wildman–Crippen MR) is 175 cm³/mol. The fourth-order valence-corrected chi connectivity index (χ4v) is 7.16. The summed E-state index contributed by atoms with van der Waals surface area (Å²) in [6, 6.07) is 25.0. The summed E-state index contributed by atoms with van der Waals surface area (Å²) in [6.45, 7) is 5.00. The first kappa shape index (κ1) is 31.8. The molecule has 1 atom stereocenters. The smallest absolute Gasteiger partial charge is 0.254 e. The number of sulfone groups is 1. The second-order valence-corrected chi connectivity index (χ2v) is 13.6. The summed E-state index contributed by atoms with van der Waals surface area (Å²) in [5, 5.41) is 0. The molecule has 0 unspecified atom stereocenters. The van der Waals surface area contributed by atoms with E-state index in [-0.39, 0.29) is 34.3 Å². The third kappa shape index (κ3) is 7.20. The Kier molecular flexibility index (Phi) is 9.29. The van der Waals surface area contributed by atoms with Crippen molar-refractivity contribution in [3.63, 3.8) is 0 Å². The van der Waals surface area contributed by atoms with E-state index in [2.05, 4.69) is 0 Å². The van der Waals surface area contributed by atoms with Gasteiger partial charge in [-0.05, 0) is 78.6 Å². The Morgan fingerprint density at radius 2 is 1.67 bits per heavy atom. The molecule has 45 heavy (non-hydrogen) atoms. The van der Waals surface area contributed by atoms with Gasteiger partial charge in [-0.25, -0.2) is 8.42 Å². The minimum Gasteiger partial charge on any atom is -0.495 e. The molecule has 0 N–H and O–H groups in total. The molecule has 2 amide bonds. The molecule has 1 saturated heterocycles. The number of rotatable bonds is 9. The monoisotopic (exact) mass is 626 g/mol. The van der Waals surface area contributed by atoms with Gasteiger partial charge in [-0.1, -0.05) is 48.0 Å². The summed E-state index contributed by atoms with van der Waals surface area (Å²) in [5.74, 6) is 0.387. The van der Waals surface area contributed by atoms with Gasteiger partial charge in [-0.15, -0.1) is 0 Å². The lowest BCUT2D eigenvalue weighted by Gasteiger charge is -2.19. The summed E-state index contributed by atoms with van der Waals surface area (Å²) < 4.78 is 39.2. The maximum absolute atomic E-state index is 13.8. The van der Waals surface area contributed by atoms with E-state index in [0.29, 0.717) is 47.5 Å². The van der Waals surface area contributed by atoms with E-state index in [4.69, 9.17) is 9.47 Å². The van der Waals surface area contributed by atoms with E-state index in [1.165, 1.54) is 12.0 Å². The van der Waals surface area contributed by atoms with Crippen LogP contribution in [0, 0.1) is 13.8 Å². The Labute approximate surface area is 265 Å². The average Bonchev–Trinajstić information content (AvgIpc) is 3.48. The number of aryl methyl sites for hydroxylation is 2. The molecule has 0 aromatic heterocycles. The number of likely N-dealkylation sites (tertiary alicyclic amines) is 1. The van der Waals surface area contributed by atoms with Crippen molar-refractivity contribution in [2.75, 3.05) is 34.3 Å². The number of carbonyl (C=O) groups excluding carboxylic acids is 2. The largest absolute Gasteiger partial charge is 0.495 e. The summed E-state index contributed by atoms with van der Waals surface area (Å²) in [6.07, 6.45) is 0.489. The highest BCUT2D eigenvalue weighted by molar-refractivity contribution is 7.90. The second kappa shape index (κ2) is 13.2. The highest BCUT2D eigenvalue weighted by Gasteiger charge is 2.29. The van der Waals surface area contributed by atoms with E-state index >= 15 is 0 Å². The third-order valence-electron chi connectivity index (χ3n) is 7.95. The van der Waals surface area contributed by atoms with Crippen LogP contribution in [0.5, 0.6) is 11.5 Å². The van der Waals surface area contributed by atoms with Gasteiger partial charge in [0.15, 0.2) is 9.84 Å². The molecule has 1 aliphatic heterocycles. The molecule has 1 aliphatic rings. The van der Waals surface area contributed by atoms with Crippen LogP contribution in [0.15, 0.2) is 89.8 Å². The maximum Gasteiger partial charge on any atom is 0.254 e. The normalized spacial score (nSPS) is 14.7. The molecule has 8 nitrogen and oxygen atoms in total. The van der Waals surface area contributed by atoms with Crippen molar-refractivity contribution in [2.24, 2.45) is 0 Å². The van der Waals surface area contributed by atoms with Crippen LogP contribution in [0.25, 0.3) is 11.1 Å². The van der Waals surface area contributed by atoms with Crippen molar-refractivity contribution >= 4 is 21.7 Å². The molecule has 9 heteroatoms. The summed E-state index contributed by atoms with van der Waals surface area (Å²) >= 11 is 0. The molecule has 5 rings (SSSR count). The highest BCUT2D eigenvalue weighted by atomic mass is 32.2. The predicted octanol–water partition coefficient (Wildman–Crippen LogP) is 5.95. The van der Waals surface area contributed by atoms with Crippen LogP contribution >= 0.6 is 0 Å². The number of hydrogen-bond acceptors (Lipinski definition) is 6. The zero-order valence-electron chi connectivity index (χ0n) is 26.2. The van der Waals surface area contributed by atoms with Gasteiger partial charge in [0.1, 0.15) is 22.5 Å². The molecular formula is C36H38N2O6S. The number of benzene rings is 4. The lowest BCUT2D eigenvalue weighted by atomic mass is 10.0. The van der Waals surface area contributed by atoms with E-state index in [1.54, 1.807) is 74.8 Å². The van der Waals surface area contributed by atoms with Crippen molar-refractivity contribution in [3.05, 3.63) is 113 Å². The van der Waals surface area contributed by atoms with Crippen LogP contribution < -0.4 is 9.47 Å². The van der Waals surface area contributed by atoms with Crippen LogP contribution in [-0.4, -0.2) is 70.4 Å². The molecule has 0 bridgehead atoms. The van der Waals surface area contributed by atoms with Crippen LogP contribution in [0.1, 0.15) is 43.8 Å². The topological polar surface area (TPSA) is 93.2 Å². The van der Waals surface area contributed by atoms with Crippen molar-refractivity contribution in [3.8, 4) is 22.6 Å². The van der Waals surface area contributed by atoms with Gasteiger partial charge in [0, 0.05) is 38.2 Å². The van der Waals surface area contributed by atoms with Crippen molar-refractivity contribution in [2.45, 2.75) is 37.0 Å². The molecule has 0 saturated carbocycles. The van der Waals surface area contributed by atoms with Gasteiger partial charge >= 0.3 is 0 Å². The number of methoxy groups -OCH3 is 1. The van der Waals surface area contributed by atoms with Gasteiger partial charge in [-0.3, -0.25) is 9.59 Å². The molecule has 0 spiro atoms. The lowest BCUT2D eigenvalue weighted by Crippen LogP contribution is -2.31. The fraction of sp³-hybridized carbons (Fsp3) is 0.278. The molecule has 4 aromatic rings. The molecule has 0 aliphatic carbocycles. The second-order valence-electron chi connectivity index (χ2n) is 11.7.